The third-order valence-electron chi connectivity index (χ3n) is 2.15. The monoisotopic (exact) mass is 249 g/mol. The fraction of sp³-hybridized carbons (Fsp3) is 0.500. The van der Waals surface area contributed by atoms with Gasteiger partial charge in [0, 0.05) is 0 Å². The van der Waals surface area contributed by atoms with Crippen LogP contribution in [0.3, 0.4) is 0 Å². The van der Waals surface area contributed by atoms with Gasteiger partial charge in [-0.05, 0) is 32.9 Å². The number of nitrogens with zero attached hydrogens (tertiary/aromatic N) is 1. The molecule has 0 aliphatic heterocycles. The Morgan fingerprint density at radius 3 is 2.56 bits per heavy atom. The van der Waals surface area contributed by atoms with Crippen molar-refractivity contribution < 1.29 is 14.6 Å². The molecular weight excluding hydrogens is 230 g/mol. The van der Waals surface area contributed by atoms with Crippen LogP contribution in [0.2, 0.25) is 0 Å². The Morgan fingerprint density at radius 2 is 1.94 bits per heavy atom. The predicted molar refractivity (Wildman–Crippen MR) is 68.4 cm³/mol. The van der Waals surface area contributed by atoms with Gasteiger partial charge in [0.2, 0.25) is 0 Å². The van der Waals surface area contributed by atoms with Crippen molar-refractivity contribution in [1.29, 1.82) is 5.26 Å². The van der Waals surface area contributed by atoms with E-state index in [1.54, 1.807) is 24.3 Å². The summed E-state index contributed by atoms with van der Waals surface area (Å²) in [5.74, 6) is 0.481. The third kappa shape index (κ3) is 5.17. The molecule has 0 amide bonds. The molecule has 1 aromatic rings. The lowest BCUT2D eigenvalue weighted by Crippen LogP contribution is -2.29. The number of nitriles is 1. The Morgan fingerprint density at radius 1 is 1.28 bits per heavy atom. The predicted octanol–water partition coefficient (Wildman–Crippen LogP) is 2.11. The van der Waals surface area contributed by atoms with Crippen LogP contribution in [0, 0.1) is 11.3 Å². The van der Waals surface area contributed by atoms with Gasteiger partial charge in [0.05, 0.1) is 17.8 Å². The minimum absolute atomic E-state index is 0.106. The number of para-hydroxylation sites is 1. The smallest absolute Gasteiger partial charge is 0.137 e. The average Bonchev–Trinajstić information content (AvgIpc) is 2.33. The van der Waals surface area contributed by atoms with Crippen LogP contribution in [-0.2, 0) is 4.74 Å². The number of benzene rings is 1. The summed E-state index contributed by atoms with van der Waals surface area (Å²) in [5.41, 5.74) is 0.173. The average molecular weight is 249 g/mol. The van der Waals surface area contributed by atoms with Gasteiger partial charge in [-0.15, -0.1) is 0 Å². The number of ether oxygens (including phenoxy) is 2. The highest BCUT2D eigenvalue weighted by Gasteiger charge is 2.14. The second kappa shape index (κ2) is 6.39. The topological polar surface area (TPSA) is 62.5 Å². The van der Waals surface area contributed by atoms with E-state index in [1.165, 1.54) is 0 Å². The Bertz CT molecular complexity index is 418. The van der Waals surface area contributed by atoms with Crippen LogP contribution in [0.5, 0.6) is 5.75 Å². The van der Waals surface area contributed by atoms with Crippen molar-refractivity contribution in [2.45, 2.75) is 32.5 Å². The zero-order valence-electron chi connectivity index (χ0n) is 11.0. The van der Waals surface area contributed by atoms with Gasteiger partial charge in [-0.1, -0.05) is 12.1 Å². The maximum absolute atomic E-state index is 9.70. The zero-order chi connectivity index (χ0) is 13.6. The molecule has 4 nitrogen and oxygen atoms in total. The lowest BCUT2D eigenvalue weighted by Gasteiger charge is -2.22. The molecule has 0 heterocycles. The van der Waals surface area contributed by atoms with E-state index in [-0.39, 0.29) is 18.8 Å². The molecule has 0 aromatic heterocycles. The van der Waals surface area contributed by atoms with E-state index in [2.05, 4.69) is 0 Å². The Balaban J connectivity index is 2.43. The first kappa shape index (κ1) is 14.5. The first-order valence-corrected chi connectivity index (χ1v) is 5.86. The summed E-state index contributed by atoms with van der Waals surface area (Å²) in [6.45, 7) is 6.08. The van der Waals surface area contributed by atoms with E-state index >= 15 is 0 Å². The molecule has 0 saturated carbocycles. The summed E-state index contributed by atoms with van der Waals surface area (Å²) >= 11 is 0. The second-order valence-corrected chi connectivity index (χ2v) is 5.00. The van der Waals surface area contributed by atoms with Crippen molar-refractivity contribution in [2.24, 2.45) is 0 Å². The molecule has 1 N–H and O–H groups in total. The largest absolute Gasteiger partial charge is 0.489 e. The molecule has 0 fully saturated rings. The van der Waals surface area contributed by atoms with Gasteiger partial charge in [0.25, 0.3) is 0 Å². The van der Waals surface area contributed by atoms with Gasteiger partial charge in [0.15, 0.2) is 0 Å². The minimum atomic E-state index is -0.712. The molecular formula is C14H19NO3. The van der Waals surface area contributed by atoms with Gasteiger partial charge in [-0.3, -0.25) is 0 Å². The lowest BCUT2D eigenvalue weighted by atomic mass is 10.2. The van der Waals surface area contributed by atoms with Crippen LogP contribution >= 0.6 is 0 Å². The van der Waals surface area contributed by atoms with Crippen LogP contribution in [-0.4, -0.2) is 30.0 Å². The summed E-state index contributed by atoms with van der Waals surface area (Å²) in [6, 6.07) is 8.97. The molecule has 1 aromatic carbocycles. The Kier molecular flexibility index (Phi) is 5.14. The van der Waals surface area contributed by atoms with Gasteiger partial charge < -0.3 is 14.6 Å². The summed E-state index contributed by atoms with van der Waals surface area (Å²) in [5, 5.41) is 18.6. The van der Waals surface area contributed by atoms with Gasteiger partial charge in [-0.2, -0.15) is 5.26 Å². The van der Waals surface area contributed by atoms with E-state index in [1.807, 2.05) is 26.8 Å². The van der Waals surface area contributed by atoms with E-state index in [0.29, 0.717) is 11.3 Å². The maximum Gasteiger partial charge on any atom is 0.137 e. The highest BCUT2D eigenvalue weighted by Crippen LogP contribution is 2.16. The van der Waals surface area contributed by atoms with E-state index < -0.39 is 6.10 Å². The Hall–Kier alpha value is -1.57. The van der Waals surface area contributed by atoms with Gasteiger partial charge >= 0.3 is 0 Å². The molecule has 0 aliphatic rings. The third-order valence-corrected chi connectivity index (χ3v) is 2.15. The molecule has 0 radical (unpaired) electrons. The minimum Gasteiger partial charge on any atom is -0.489 e. The Labute approximate surface area is 108 Å². The first-order valence-electron chi connectivity index (χ1n) is 5.86. The van der Waals surface area contributed by atoms with Crippen LogP contribution in [0.15, 0.2) is 24.3 Å². The number of hydrogen-bond acceptors (Lipinski definition) is 4. The quantitative estimate of drug-likeness (QED) is 0.868. The van der Waals surface area contributed by atoms with Crippen molar-refractivity contribution in [2.75, 3.05) is 13.2 Å². The van der Waals surface area contributed by atoms with Crippen molar-refractivity contribution in [3.63, 3.8) is 0 Å². The standard InChI is InChI=1S/C14H19NO3/c1-14(2,3)18-10-12(16)9-17-13-7-5-4-6-11(13)8-15/h4-7,12,16H,9-10H2,1-3H3. The second-order valence-electron chi connectivity index (χ2n) is 5.00. The molecule has 4 heteroatoms. The van der Waals surface area contributed by atoms with Gasteiger partial charge in [-0.25, -0.2) is 0 Å². The summed E-state index contributed by atoms with van der Waals surface area (Å²) in [4.78, 5) is 0. The van der Waals surface area contributed by atoms with Crippen molar-refractivity contribution in [3.05, 3.63) is 29.8 Å². The van der Waals surface area contributed by atoms with Crippen LogP contribution < -0.4 is 4.74 Å². The summed E-state index contributed by atoms with van der Waals surface area (Å²) < 4.78 is 10.8. The lowest BCUT2D eigenvalue weighted by molar-refractivity contribution is -0.0586. The fourth-order valence-corrected chi connectivity index (χ4v) is 1.27. The van der Waals surface area contributed by atoms with Crippen LogP contribution in [0.1, 0.15) is 26.3 Å². The number of aliphatic hydroxyl groups is 1. The number of rotatable bonds is 5. The summed E-state index contributed by atoms with van der Waals surface area (Å²) in [6.07, 6.45) is -0.712. The molecule has 18 heavy (non-hydrogen) atoms. The van der Waals surface area contributed by atoms with Crippen molar-refractivity contribution in [3.8, 4) is 11.8 Å². The summed E-state index contributed by atoms with van der Waals surface area (Å²) in [7, 11) is 0. The molecule has 0 aliphatic carbocycles. The fourth-order valence-electron chi connectivity index (χ4n) is 1.27. The maximum atomic E-state index is 9.70. The van der Waals surface area contributed by atoms with Crippen molar-refractivity contribution in [1.82, 2.24) is 0 Å². The molecule has 0 saturated heterocycles. The SMILES string of the molecule is CC(C)(C)OCC(O)COc1ccccc1C#N. The van der Waals surface area contributed by atoms with E-state index in [0.717, 1.165) is 0 Å². The van der Waals surface area contributed by atoms with E-state index in [4.69, 9.17) is 14.7 Å². The molecule has 0 bridgehead atoms. The van der Waals surface area contributed by atoms with Gasteiger partial charge in [0.1, 0.15) is 24.5 Å². The molecule has 0 spiro atoms. The highest BCUT2D eigenvalue weighted by molar-refractivity contribution is 5.42. The van der Waals surface area contributed by atoms with E-state index in [9.17, 15) is 5.11 Å². The van der Waals surface area contributed by atoms with Crippen LogP contribution in [0.4, 0.5) is 0 Å². The zero-order valence-corrected chi connectivity index (χ0v) is 11.0. The highest BCUT2D eigenvalue weighted by atomic mass is 16.5. The molecule has 1 unspecified atom stereocenters. The first-order chi connectivity index (χ1) is 8.42. The van der Waals surface area contributed by atoms with Crippen LogP contribution in [0.25, 0.3) is 0 Å². The number of hydrogen-bond donors (Lipinski definition) is 1. The van der Waals surface area contributed by atoms with Crippen molar-refractivity contribution >= 4 is 0 Å². The molecule has 98 valence electrons. The normalized spacial score (nSPS) is 12.8. The molecule has 1 rings (SSSR count). The number of aliphatic hydroxyl groups excluding tert-OH is 1. The molecule has 1 atom stereocenters.